The van der Waals surface area contributed by atoms with Gasteiger partial charge in [0.15, 0.2) is 0 Å². The molecule has 1 aromatic heterocycles. The molecule has 17 heavy (non-hydrogen) atoms. The Bertz CT molecular complexity index is 376. The number of carbonyl (C=O) groups is 1. The van der Waals surface area contributed by atoms with Crippen molar-refractivity contribution in [1.82, 2.24) is 5.32 Å². The first-order chi connectivity index (χ1) is 8.10. The molecule has 0 saturated heterocycles. The molecule has 0 bridgehead atoms. The van der Waals surface area contributed by atoms with E-state index in [4.69, 9.17) is 0 Å². The highest BCUT2D eigenvalue weighted by Crippen LogP contribution is 2.28. The Kier molecular flexibility index (Phi) is 4.12. The summed E-state index contributed by atoms with van der Waals surface area (Å²) in [6, 6.07) is 4.51. The highest BCUT2D eigenvalue weighted by atomic mass is 32.2. The van der Waals surface area contributed by atoms with E-state index in [1.54, 1.807) is 30.0 Å². The smallest absolute Gasteiger partial charge is 0.323 e. The maximum Gasteiger partial charge on any atom is 0.323 e. The van der Waals surface area contributed by atoms with Crippen LogP contribution in [0, 0.1) is 0 Å². The lowest BCUT2D eigenvalue weighted by molar-refractivity contribution is -0.144. The minimum absolute atomic E-state index is 0.419. The number of carboxylic acid groups (broad SMARTS) is 1. The molecule has 1 aliphatic rings. The van der Waals surface area contributed by atoms with E-state index in [0.717, 1.165) is 18.6 Å². The minimum Gasteiger partial charge on any atom is -0.480 e. The van der Waals surface area contributed by atoms with Gasteiger partial charge < -0.3 is 5.11 Å². The quantitative estimate of drug-likeness (QED) is 0.749. The van der Waals surface area contributed by atoms with E-state index in [2.05, 4.69) is 11.4 Å². The number of aliphatic carboxylic acids is 1. The Balaban J connectivity index is 1.82. The largest absolute Gasteiger partial charge is 0.480 e. The Morgan fingerprint density at radius 1 is 1.71 bits per heavy atom. The first kappa shape index (κ1) is 12.9. The lowest BCUT2D eigenvalue weighted by Gasteiger charge is -2.26. The predicted molar refractivity (Wildman–Crippen MR) is 71.9 cm³/mol. The minimum atomic E-state index is -0.772. The van der Waals surface area contributed by atoms with Crippen molar-refractivity contribution >= 4 is 29.1 Å². The maximum atomic E-state index is 11.3. The Hall–Kier alpha value is -0.520. The second-order valence-electron chi connectivity index (χ2n) is 4.59. The number of rotatable bonds is 7. The molecule has 0 aromatic carbocycles. The van der Waals surface area contributed by atoms with Crippen molar-refractivity contribution in [3.05, 3.63) is 17.5 Å². The molecular weight excluding hydrogens is 254 g/mol. The summed E-state index contributed by atoms with van der Waals surface area (Å²) in [6.07, 6.45) is 2.88. The summed E-state index contributed by atoms with van der Waals surface area (Å²) in [6.45, 7) is 1.79. The van der Waals surface area contributed by atoms with Crippen molar-refractivity contribution in [2.24, 2.45) is 0 Å². The highest BCUT2D eigenvalue weighted by molar-refractivity contribution is 8.01. The maximum absolute atomic E-state index is 11.3. The van der Waals surface area contributed by atoms with Gasteiger partial charge in [-0.1, -0.05) is 6.07 Å². The third kappa shape index (κ3) is 3.72. The van der Waals surface area contributed by atoms with Crippen molar-refractivity contribution in [3.8, 4) is 0 Å². The van der Waals surface area contributed by atoms with Gasteiger partial charge in [0.2, 0.25) is 0 Å². The van der Waals surface area contributed by atoms with Gasteiger partial charge in [-0.25, -0.2) is 0 Å². The second-order valence-corrected chi connectivity index (χ2v) is 6.93. The molecule has 1 unspecified atom stereocenters. The molecular formula is C12H17NO2S2. The fourth-order valence-electron chi connectivity index (χ4n) is 1.62. The van der Waals surface area contributed by atoms with Crippen LogP contribution in [-0.2, 0) is 4.79 Å². The van der Waals surface area contributed by atoms with Crippen molar-refractivity contribution < 1.29 is 9.90 Å². The van der Waals surface area contributed by atoms with Crippen molar-refractivity contribution in [2.45, 2.75) is 42.0 Å². The number of hydrogen-bond donors (Lipinski definition) is 2. The van der Waals surface area contributed by atoms with Crippen LogP contribution in [0.15, 0.2) is 21.7 Å². The summed E-state index contributed by atoms with van der Waals surface area (Å²) in [4.78, 5) is 11.3. The van der Waals surface area contributed by atoms with Gasteiger partial charge in [-0.2, -0.15) is 0 Å². The molecule has 0 amide bonds. The standard InChI is InChI=1S/C12H17NO2S2/c1-12(11(14)15,13-9-4-5-9)6-8-17-10-3-2-7-16-10/h2-3,7,9,13H,4-6,8H2,1H3,(H,14,15). The van der Waals surface area contributed by atoms with Crippen LogP contribution in [0.25, 0.3) is 0 Å². The summed E-state index contributed by atoms with van der Waals surface area (Å²) in [7, 11) is 0. The van der Waals surface area contributed by atoms with Crippen LogP contribution in [-0.4, -0.2) is 28.4 Å². The fraction of sp³-hybridized carbons (Fsp3) is 0.583. The summed E-state index contributed by atoms with van der Waals surface area (Å²) < 4.78 is 1.25. The molecule has 5 heteroatoms. The van der Waals surface area contributed by atoms with Crippen LogP contribution in [0.2, 0.25) is 0 Å². The van der Waals surface area contributed by atoms with E-state index in [1.165, 1.54) is 4.21 Å². The van der Waals surface area contributed by atoms with Crippen LogP contribution < -0.4 is 5.32 Å². The van der Waals surface area contributed by atoms with Crippen LogP contribution in [0.3, 0.4) is 0 Å². The Morgan fingerprint density at radius 2 is 2.47 bits per heavy atom. The lowest BCUT2D eigenvalue weighted by atomic mass is 9.99. The molecule has 0 aliphatic heterocycles. The number of hydrogen-bond acceptors (Lipinski definition) is 4. The monoisotopic (exact) mass is 271 g/mol. The molecule has 1 saturated carbocycles. The van der Waals surface area contributed by atoms with Gasteiger partial charge >= 0.3 is 5.97 Å². The van der Waals surface area contributed by atoms with Crippen molar-refractivity contribution in [1.29, 1.82) is 0 Å². The molecule has 1 aromatic rings. The first-order valence-corrected chi connectivity index (χ1v) is 7.64. The van der Waals surface area contributed by atoms with E-state index in [1.807, 2.05) is 11.4 Å². The number of thioether (sulfide) groups is 1. The molecule has 94 valence electrons. The summed E-state index contributed by atoms with van der Waals surface area (Å²) in [5.74, 6) is 0.0967. The van der Waals surface area contributed by atoms with Crippen LogP contribution in [0.1, 0.15) is 26.2 Å². The predicted octanol–water partition coefficient (Wildman–Crippen LogP) is 2.83. The number of carboxylic acids is 1. The molecule has 0 spiro atoms. The average Bonchev–Trinajstić information content (AvgIpc) is 2.93. The third-order valence-corrected chi connectivity index (χ3v) is 5.05. The normalized spacial score (nSPS) is 18.9. The van der Waals surface area contributed by atoms with Gasteiger partial charge in [0.25, 0.3) is 0 Å². The Morgan fingerprint density at radius 3 is 3.00 bits per heavy atom. The van der Waals surface area contributed by atoms with E-state index in [0.29, 0.717) is 12.5 Å². The molecule has 1 atom stereocenters. The van der Waals surface area contributed by atoms with Gasteiger partial charge in [0.1, 0.15) is 5.54 Å². The summed E-state index contributed by atoms with van der Waals surface area (Å²) >= 11 is 3.44. The third-order valence-electron chi connectivity index (χ3n) is 2.91. The highest BCUT2D eigenvalue weighted by Gasteiger charge is 2.37. The van der Waals surface area contributed by atoms with Crippen LogP contribution >= 0.6 is 23.1 Å². The molecule has 1 aliphatic carbocycles. The van der Waals surface area contributed by atoms with E-state index >= 15 is 0 Å². The zero-order chi connectivity index (χ0) is 12.3. The fourth-order valence-corrected chi connectivity index (χ4v) is 3.64. The molecule has 2 rings (SSSR count). The lowest BCUT2D eigenvalue weighted by Crippen LogP contribution is -2.50. The van der Waals surface area contributed by atoms with E-state index < -0.39 is 11.5 Å². The topological polar surface area (TPSA) is 49.3 Å². The zero-order valence-corrected chi connectivity index (χ0v) is 11.4. The summed E-state index contributed by atoms with van der Waals surface area (Å²) in [5.41, 5.74) is -0.772. The Labute approximate surface area is 110 Å². The number of thiophene rings is 1. The second kappa shape index (κ2) is 5.42. The molecule has 2 N–H and O–H groups in total. The molecule has 3 nitrogen and oxygen atoms in total. The SMILES string of the molecule is CC(CCSc1cccs1)(NC1CC1)C(=O)O. The first-order valence-electron chi connectivity index (χ1n) is 5.77. The van der Waals surface area contributed by atoms with Gasteiger partial charge in [-0.3, -0.25) is 10.1 Å². The van der Waals surface area contributed by atoms with Crippen LogP contribution in [0.5, 0.6) is 0 Å². The molecule has 1 heterocycles. The zero-order valence-electron chi connectivity index (χ0n) is 9.81. The van der Waals surface area contributed by atoms with Gasteiger partial charge in [-0.05, 0) is 37.6 Å². The van der Waals surface area contributed by atoms with Crippen LogP contribution in [0.4, 0.5) is 0 Å². The van der Waals surface area contributed by atoms with E-state index in [-0.39, 0.29) is 0 Å². The average molecular weight is 271 g/mol. The summed E-state index contributed by atoms with van der Waals surface area (Å²) in [5, 5.41) is 14.6. The number of nitrogens with one attached hydrogen (secondary N) is 1. The molecule has 0 radical (unpaired) electrons. The molecule has 1 fully saturated rings. The van der Waals surface area contributed by atoms with Crippen molar-refractivity contribution in [2.75, 3.05) is 5.75 Å². The van der Waals surface area contributed by atoms with Crippen molar-refractivity contribution in [3.63, 3.8) is 0 Å². The van der Waals surface area contributed by atoms with Gasteiger partial charge in [-0.15, -0.1) is 23.1 Å². The van der Waals surface area contributed by atoms with Gasteiger partial charge in [0, 0.05) is 11.8 Å². The van der Waals surface area contributed by atoms with Gasteiger partial charge in [0.05, 0.1) is 4.21 Å². The van der Waals surface area contributed by atoms with E-state index in [9.17, 15) is 9.90 Å².